The molecule has 0 unspecified atom stereocenters. The van der Waals surface area contributed by atoms with E-state index in [0.717, 1.165) is 18.5 Å². The van der Waals surface area contributed by atoms with Crippen molar-refractivity contribution in [3.8, 4) is 5.75 Å². The molecule has 150 valence electrons. The quantitative estimate of drug-likeness (QED) is 0.739. The van der Waals surface area contributed by atoms with E-state index >= 15 is 0 Å². The smallest absolute Gasteiger partial charge is 0.410 e. The largest absolute Gasteiger partial charge is 0.415 e. The van der Waals surface area contributed by atoms with E-state index in [9.17, 15) is 9.59 Å². The van der Waals surface area contributed by atoms with Crippen LogP contribution in [0.1, 0.15) is 29.0 Å². The van der Waals surface area contributed by atoms with Crippen LogP contribution in [-0.4, -0.2) is 45.9 Å². The van der Waals surface area contributed by atoms with Crippen LogP contribution in [0.2, 0.25) is 0 Å². The summed E-state index contributed by atoms with van der Waals surface area (Å²) in [6, 6.07) is 14.8. The van der Waals surface area contributed by atoms with Gasteiger partial charge < -0.3 is 15.0 Å². The number of rotatable bonds is 4. The van der Waals surface area contributed by atoms with Gasteiger partial charge in [0, 0.05) is 25.8 Å². The Labute approximate surface area is 169 Å². The molecule has 0 bridgehead atoms. The predicted molar refractivity (Wildman–Crippen MR) is 109 cm³/mol. The van der Waals surface area contributed by atoms with Crippen LogP contribution in [0.25, 0.3) is 5.65 Å². The van der Waals surface area contributed by atoms with Gasteiger partial charge in [-0.3, -0.25) is 9.20 Å². The number of nitrogens with zero attached hydrogens (tertiary/aromatic N) is 3. The maximum atomic E-state index is 12.7. The Kier molecular flexibility index (Phi) is 5.46. The summed E-state index contributed by atoms with van der Waals surface area (Å²) in [7, 11) is 0. The summed E-state index contributed by atoms with van der Waals surface area (Å²) in [5.41, 5.74) is 2.05. The number of ether oxygens (including phenoxy) is 1. The van der Waals surface area contributed by atoms with Crippen LogP contribution in [0, 0.1) is 12.8 Å². The van der Waals surface area contributed by atoms with Crippen molar-refractivity contribution in [1.29, 1.82) is 0 Å². The molecule has 3 aromatic rings. The summed E-state index contributed by atoms with van der Waals surface area (Å²) >= 11 is 0. The number of carbonyl (C=O) groups is 2. The van der Waals surface area contributed by atoms with Crippen LogP contribution >= 0.6 is 0 Å². The topological polar surface area (TPSA) is 75.9 Å². The molecule has 1 aliphatic heterocycles. The second-order valence-corrected chi connectivity index (χ2v) is 7.30. The molecule has 3 heterocycles. The molecule has 0 saturated carbocycles. The van der Waals surface area contributed by atoms with Crippen molar-refractivity contribution in [3.63, 3.8) is 0 Å². The Morgan fingerprint density at radius 2 is 1.83 bits per heavy atom. The lowest BCUT2D eigenvalue weighted by Gasteiger charge is -2.31. The Bertz CT molecular complexity index is 1010. The standard InChI is InChI=1S/C22H24N4O3/c1-16-20(26-12-6-5-9-19(26)24-16)21(27)23-15-17-10-13-25(14-11-17)22(28)29-18-7-3-2-4-8-18/h2-9,12,17H,10-11,13-15H2,1H3,(H,23,27). The SMILES string of the molecule is Cc1nc2ccccn2c1C(=O)NCC1CCN(C(=O)Oc2ccccc2)CC1. The highest BCUT2D eigenvalue weighted by Gasteiger charge is 2.25. The lowest BCUT2D eigenvalue weighted by molar-refractivity contribution is 0.0925. The number of aromatic nitrogens is 2. The average Bonchev–Trinajstić information content (AvgIpc) is 3.09. The fourth-order valence-electron chi connectivity index (χ4n) is 3.68. The Balaban J connectivity index is 1.28. The Morgan fingerprint density at radius 1 is 1.10 bits per heavy atom. The number of pyridine rings is 1. The van der Waals surface area contributed by atoms with Gasteiger partial charge in [0.2, 0.25) is 0 Å². The third-order valence-electron chi connectivity index (χ3n) is 5.29. The van der Waals surface area contributed by atoms with Gasteiger partial charge in [0.25, 0.3) is 5.91 Å². The van der Waals surface area contributed by atoms with Gasteiger partial charge in [0.15, 0.2) is 0 Å². The molecule has 1 saturated heterocycles. The highest BCUT2D eigenvalue weighted by molar-refractivity contribution is 5.94. The summed E-state index contributed by atoms with van der Waals surface area (Å²) in [6.07, 6.45) is 3.19. The molecule has 0 radical (unpaired) electrons. The molecule has 1 aliphatic rings. The van der Waals surface area contributed by atoms with Crippen LogP contribution in [0.15, 0.2) is 54.7 Å². The first kappa shape index (κ1) is 19.0. The van der Waals surface area contributed by atoms with Gasteiger partial charge in [-0.05, 0) is 49.9 Å². The van der Waals surface area contributed by atoms with E-state index < -0.39 is 0 Å². The van der Waals surface area contributed by atoms with Crippen molar-refractivity contribution in [3.05, 3.63) is 66.1 Å². The van der Waals surface area contributed by atoms with Crippen LogP contribution in [0.5, 0.6) is 5.75 Å². The number of hydrogen-bond acceptors (Lipinski definition) is 4. The van der Waals surface area contributed by atoms with E-state index in [-0.39, 0.29) is 12.0 Å². The fourth-order valence-corrected chi connectivity index (χ4v) is 3.68. The number of hydrogen-bond donors (Lipinski definition) is 1. The average molecular weight is 392 g/mol. The maximum Gasteiger partial charge on any atom is 0.415 e. The number of imidazole rings is 1. The van der Waals surface area contributed by atoms with Gasteiger partial charge in [0.1, 0.15) is 17.1 Å². The van der Waals surface area contributed by atoms with E-state index in [2.05, 4.69) is 10.3 Å². The molecule has 1 aromatic carbocycles. The third-order valence-corrected chi connectivity index (χ3v) is 5.29. The van der Waals surface area contributed by atoms with E-state index in [0.29, 0.717) is 42.7 Å². The summed E-state index contributed by atoms with van der Waals surface area (Å²) in [5, 5.41) is 3.04. The number of amides is 2. The molecular formula is C22H24N4O3. The first-order valence-corrected chi connectivity index (χ1v) is 9.85. The van der Waals surface area contributed by atoms with E-state index in [4.69, 9.17) is 4.74 Å². The minimum atomic E-state index is -0.319. The zero-order valence-corrected chi connectivity index (χ0v) is 16.4. The predicted octanol–water partition coefficient (Wildman–Crippen LogP) is 3.28. The zero-order chi connectivity index (χ0) is 20.2. The highest BCUT2D eigenvalue weighted by atomic mass is 16.6. The number of nitrogens with one attached hydrogen (secondary N) is 1. The molecule has 4 rings (SSSR count). The number of carbonyl (C=O) groups excluding carboxylic acids is 2. The van der Waals surface area contributed by atoms with Gasteiger partial charge in [-0.2, -0.15) is 0 Å². The van der Waals surface area contributed by atoms with Gasteiger partial charge in [0.05, 0.1) is 5.69 Å². The number of fused-ring (bicyclic) bond motifs is 1. The van der Waals surface area contributed by atoms with Crippen LogP contribution in [0.3, 0.4) is 0 Å². The molecule has 2 amide bonds. The molecule has 0 atom stereocenters. The lowest BCUT2D eigenvalue weighted by Crippen LogP contribution is -2.42. The summed E-state index contributed by atoms with van der Waals surface area (Å²) in [6.45, 7) is 3.68. The summed E-state index contributed by atoms with van der Waals surface area (Å²) in [4.78, 5) is 31.1. The maximum absolute atomic E-state index is 12.7. The number of benzene rings is 1. The molecule has 0 spiro atoms. The van der Waals surface area contributed by atoms with Crippen molar-refractivity contribution >= 4 is 17.6 Å². The van der Waals surface area contributed by atoms with Crippen LogP contribution in [-0.2, 0) is 0 Å². The van der Waals surface area contributed by atoms with Crippen molar-refractivity contribution in [2.75, 3.05) is 19.6 Å². The van der Waals surface area contributed by atoms with Gasteiger partial charge >= 0.3 is 6.09 Å². The first-order valence-electron chi connectivity index (χ1n) is 9.85. The fraction of sp³-hybridized carbons (Fsp3) is 0.318. The minimum Gasteiger partial charge on any atom is -0.410 e. The zero-order valence-electron chi connectivity index (χ0n) is 16.4. The molecule has 7 nitrogen and oxygen atoms in total. The summed E-state index contributed by atoms with van der Waals surface area (Å²) in [5.74, 6) is 0.765. The molecule has 1 N–H and O–H groups in total. The van der Waals surface area contributed by atoms with E-state index in [1.807, 2.05) is 53.9 Å². The first-order chi connectivity index (χ1) is 14.1. The number of likely N-dealkylation sites (tertiary alicyclic amines) is 1. The second-order valence-electron chi connectivity index (χ2n) is 7.30. The van der Waals surface area contributed by atoms with Crippen molar-refractivity contribution in [2.45, 2.75) is 19.8 Å². The number of piperidine rings is 1. The Morgan fingerprint density at radius 3 is 2.59 bits per heavy atom. The number of para-hydroxylation sites is 1. The van der Waals surface area contributed by atoms with Crippen molar-refractivity contribution < 1.29 is 14.3 Å². The van der Waals surface area contributed by atoms with Gasteiger partial charge in [-0.15, -0.1) is 0 Å². The molecule has 0 aliphatic carbocycles. The van der Waals surface area contributed by atoms with Crippen LogP contribution in [0.4, 0.5) is 4.79 Å². The second kappa shape index (κ2) is 8.34. The lowest BCUT2D eigenvalue weighted by atomic mass is 9.97. The van der Waals surface area contributed by atoms with Crippen molar-refractivity contribution in [2.24, 2.45) is 5.92 Å². The molecule has 2 aromatic heterocycles. The van der Waals surface area contributed by atoms with E-state index in [1.54, 1.807) is 17.0 Å². The van der Waals surface area contributed by atoms with E-state index in [1.165, 1.54) is 0 Å². The number of aryl methyl sites for hydroxylation is 1. The molecule has 29 heavy (non-hydrogen) atoms. The Hall–Kier alpha value is -3.35. The monoisotopic (exact) mass is 392 g/mol. The molecular weight excluding hydrogens is 368 g/mol. The van der Waals surface area contributed by atoms with Crippen molar-refractivity contribution in [1.82, 2.24) is 19.6 Å². The normalized spacial score (nSPS) is 14.7. The minimum absolute atomic E-state index is 0.118. The van der Waals surface area contributed by atoms with Crippen LogP contribution < -0.4 is 10.1 Å². The third kappa shape index (κ3) is 4.23. The molecule has 7 heteroatoms. The molecule has 1 fully saturated rings. The van der Waals surface area contributed by atoms with Gasteiger partial charge in [-0.25, -0.2) is 9.78 Å². The van der Waals surface area contributed by atoms with Gasteiger partial charge in [-0.1, -0.05) is 24.3 Å². The highest BCUT2D eigenvalue weighted by Crippen LogP contribution is 2.19. The summed E-state index contributed by atoms with van der Waals surface area (Å²) < 4.78 is 7.21.